The summed E-state index contributed by atoms with van der Waals surface area (Å²) < 4.78 is 0. The Balaban J connectivity index is 2.38. The molecule has 0 bridgehead atoms. The lowest BCUT2D eigenvalue weighted by Crippen LogP contribution is -2.29. The van der Waals surface area contributed by atoms with E-state index in [2.05, 4.69) is 36.1 Å². The van der Waals surface area contributed by atoms with Gasteiger partial charge < -0.3 is 10.2 Å². The molecule has 0 fully saturated rings. The van der Waals surface area contributed by atoms with Gasteiger partial charge >= 0.3 is 0 Å². The first-order valence-corrected chi connectivity index (χ1v) is 7.50. The van der Waals surface area contributed by atoms with Crippen molar-refractivity contribution in [2.45, 2.75) is 32.7 Å². The summed E-state index contributed by atoms with van der Waals surface area (Å²) in [5.41, 5.74) is 1.03. The molecular weight excluding hydrogens is 260 g/mol. The molecule has 4 heteroatoms. The maximum Gasteiger partial charge on any atom is 0.163 e. The lowest BCUT2D eigenvalue weighted by atomic mass is 10.1. The summed E-state index contributed by atoms with van der Waals surface area (Å²) >= 11 is 0. The van der Waals surface area contributed by atoms with Crippen LogP contribution in [0.4, 0.5) is 11.6 Å². The molecule has 1 unspecified atom stereocenters. The largest absolute Gasteiger partial charge is 0.373 e. The standard InChI is InChI=1S/C17H24N4/c1-5-9-13(2)21(4)16-12-15(18-3)19-17(20-16)14-10-7-6-8-11-14/h6-8,10-13H,5,9H2,1-4H3,(H,18,19,20). The van der Waals surface area contributed by atoms with Crippen LogP contribution < -0.4 is 10.2 Å². The third-order valence-electron chi connectivity index (χ3n) is 3.73. The molecule has 0 aliphatic carbocycles. The summed E-state index contributed by atoms with van der Waals surface area (Å²) in [6, 6.07) is 12.5. The topological polar surface area (TPSA) is 41.0 Å². The van der Waals surface area contributed by atoms with Crippen LogP contribution in [0.2, 0.25) is 0 Å². The van der Waals surface area contributed by atoms with Crippen molar-refractivity contribution in [3.63, 3.8) is 0 Å². The molecule has 1 atom stereocenters. The van der Waals surface area contributed by atoms with E-state index in [0.717, 1.165) is 29.4 Å². The fraction of sp³-hybridized carbons (Fsp3) is 0.412. The lowest BCUT2D eigenvalue weighted by molar-refractivity contribution is 0.611. The summed E-state index contributed by atoms with van der Waals surface area (Å²) in [6.07, 6.45) is 2.32. The fourth-order valence-corrected chi connectivity index (χ4v) is 2.30. The van der Waals surface area contributed by atoms with Gasteiger partial charge in [-0.3, -0.25) is 0 Å². The summed E-state index contributed by atoms with van der Waals surface area (Å²) in [7, 11) is 3.98. The van der Waals surface area contributed by atoms with Crippen molar-refractivity contribution >= 4 is 11.6 Å². The molecule has 0 aliphatic rings. The van der Waals surface area contributed by atoms with E-state index in [0.29, 0.717) is 6.04 Å². The molecule has 4 nitrogen and oxygen atoms in total. The average Bonchev–Trinajstić information content (AvgIpc) is 2.54. The number of hydrogen-bond donors (Lipinski definition) is 1. The van der Waals surface area contributed by atoms with Gasteiger partial charge in [-0.05, 0) is 13.3 Å². The van der Waals surface area contributed by atoms with Gasteiger partial charge in [-0.2, -0.15) is 0 Å². The highest BCUT2D eigenvalue weighted by Gasteiger charge is 2.13. The first-order valence-electron chi connectivity index (χ1n) is 7.50. The smallest absolute Gasteiger partial charge is 0.163 e. The monoisotopic (exact) mass is 284 g/mol. The van der Waals surface area contributed by atoms with Crippen molar-refractivity contribution in [2.75, 3.05) is 24.3 Å². The Kier molecular flexibility index (Phi) is 5.14. The molecule has 0 amide bonds. The second-order valence-corrected chi connectivity index (χ2v) is 5.30. The predicted molar refractivity (Wildman–Crippen MR) is 89.8 cm³/mol. The van der Waals surface area contributed by atoms with E-state index in [1.807, 2.05) is 43.4 Å². The van der Waals surface area contributed by atoms with Crippen LogP contribution in [0.15, 0.2) is 36.4 Å². The average molecular weight is 284 g/mol. The summed E-state index contributed by atoms with van der Waals surface area (Å²) in [6.45, 7) is 4.44. The van der Waals surface area contributed by atoms with Gasteiger partial charge in [0.1, 0.15) is 11.6 Å². The Morgan fingerprint density at radius 2 is 1.90 bits per heavy atom. The summed E-state index contributed by atoms with van der Waals surface area (Å²) in [5.74, 6) is 2.55. The molecule has 0 spiro atoms. The van der Waals surface area contributed by atoms with Crippen LogP contribution in [0.3, 0.4) is 0 Å². The molecule has 2 rings (SSSR count). The summed E-state index contributed by atoms with van der Waals surface area (Å²) in [5, 5.41) is 3.13. The highest BCUT2D eigenvalue weighted by atomic mass is 15.2. The molecule has 21 heavy (non-hydrogen) atoms. The Hall–Kier alpha value is -2.10. The van der Waals surface area contributed by atoms with Gasteiger partial charge in [-0.1, -0.05) is 43.7 Å². The maximum atomic E-state index is 4.73. The van der Waals surface area contributed by atoms with E-state index >= 15 is 0 Å². The maximum absolute atomic E-state index is 4.73. The highest BCUT2D eigenvalue weighted by Crippen LogP contribution is 2.23. The Morgan fingerprint density at radius 3 is 2.52 bits per heavy atom. The zero-order valence-electron chi connectivity index (χ0n) is 13.3. The molecular formula is C17H24N4. The molecule has 2 aromatic rings. The number of nitrogens with zero attached hydrogens (tertiary/aromatic N) is 3. The number of benzene rings is 1. The minimum Gasteiger partial charge on any atom is -0.373 e. The van der Waals surface area contributed by atoms with Crippen LogP contribution in [0.5, 0.6) is 0 Å². The first-order chi connectivity index (χ1) is 10.2. The van der Waals surface area contributed by atoms with E-state index in [1.54, 1.807) is 0 Å². The van der Waals surface area contributed by atoms with Crippen LogP contribution in [0.1, 0.15) is 26.7 Å². The van der Waals surface area contributed by atoms with Crippen LogP contribution >= 0.6 is 0 Å². The predicted octanol–water partition coefficient (Wildman–Crippen LogP) is 3.81. The van der Waals surface area contributed by atoms with Gasteiger partial charge in [-0.25, -0.2) is 9.97 Å². The summed E-state index contributed by atoms with van der Waals surface area (Å²) in [4.78, 5) is 11.5. The fourth-order valence-electron chi connectivity index (χ4n) is 2.30. The van der Waals surface area contributed by atoms with Crippen molar-refractivity contribution in [2.24, 2.45) is 0 Å². The number of aromatic nitrogens is 2. The minimum atomic E-state index is 0.457. The van der Waals surface area contributed by atoms with Crippen molar-refractivity contribution in [1.82, 2.24) is 9.97 Å². The minimum absolute atomic E-state index is 0.457. The molecule has 1 N–H and O–H groups in total. The third-order valence-corrected chi connectivity index (χ3v) is 3.73. The number of hydrogen-bond acceptors (Lipinski definition) is 4. The Morgan fingerprint density at radius 1 is 1.19 bits per heavy atom. The first kappa shape index (κ1) is 15.3. The molecule has 1 aromatic carbocycles. The van der Waals surface area contributed by atoms with Crippen molar-refractivity contribution in [3.05, 3.63) is 36.4 Å². The molecule has 0 saturated heterocycles. The van der Waals surface area contributed by atoms with E-state index in [9.17, 15) is 0 Å². The van der Waals surface area contributed by atoms with Gasteiger partial charge in [0, 0.05) is 31.8 Å². The normalized spacial score (nSPS) is 12.0. The van der Waals surface area contributed by atoms with Gasteiger partial charge in [0.25, 0.3) is 0 Å². The van der Waals surface area contributed by atoms with Crippen LogP contribution in [0, 0.1) is 0 Å². The van der Waals surface area contributed by atoms with Gasteiger partial charge in [0.2, 0.25) is 0 Å². The van der Waals surface area contributed by atoms with Gasteiger partial charge in [-0.15, -0.1) is 0 Å². The van der Waals surface area contributed by atoms with Crippen LogP contribution in [-0.4, -0.2) is 30.1 Å². The van der Waals surface area contributed by atoms with E-state index in [1.165, 1.54) is 6.42 Å². The second kappa shape index (κ2) is 7.07. The molecule has 1 heterocycles. The number of rotatable bonds is 6. The third kappa shape index (κ3) is 3.72. The van der Waals surface area contributed by atoms with Gasteiger partial charge in [0.05, 0.1) is 0 Å². The van der Waals surface area contributed by atoms with Crippen molar-refractivity contribution in [3.8, 4) is 11.4 Å². The number of anilines is 2. The van der Waals surface area contributed by atoms with Gasteiger partial charge in [0.15, 0.2) is 5.82 Å². The van der Waals surface area contributed by atoms with Crippen LogP contribution in [0.25, 0.3) is 11.4 Å². The van der Waals surface area contributed by atoms with Crippen molar-refractivity contribution in [1.29, 1.82) is 0 Å². The zero-order valence-corrected chi connectivity index (χ0v) is 13.3. The second-order valence-electron chi connectivity index (χ2n) is 5.30. The SMILES string of the molecule is CCCC(C)N(C)c1cc(NC)nc(-c2ccccc2)n1. The molecule has 1 aromatic heterocycles. The Bertz CT molecular complexity index is 568. The zero-order chi connectivity index (χ0) is 15.2. The van der Waals surface area contributed by atoms with E-state index in [-0.39, 0.29) is 0 Å². The quantitative estimate of drug-likeness (QED) is 0.875. The van der Waals surface area contributed by atoms with Crippen LogP contribution in [-0.2, 0) is 0 Å². The molecule has 0 saturated carbocycles. The molecule has 0 aliphatic heterocycles. The molecule has 112 valence electrons. The van der Waals surface area contributed by atoms with E-state index in [4.69, 9.17) is 4.98 Å². The lowest BCUT2D eigenvalue weighted by Gasteiger charge is -2.26. The number of nitrogens with one attached hydrogen (secondary N) is 1. The van der Waals surface area contributed by atoms with E-state index < -0.39 is 0 Å². The highest BCUT2D eigenvalue weighted by molar-refractivity contribution is 5.61. The molecule has 0 radical (unpaired) electrons. The Labute approximate surface area is 127 Å². The van der Waals surface area contributed by atoms with Crippen molar-refractivity contribution < 1.29 is 0 Å².